The number of nitrogens with one attached hydrogen (secondary N) is 3. The average Bonchev–Trinajstić information content (AvgIpc) is 3.61. The molecule has 2 aromatic rings. The summed E-state index contributed by atoms with van der Waals surface area (Å²) >= 11 is 6.45. The van der Waals surface area contributed by atoms with Crippen LogP contribution in [-0.4, -0.2) is 48.4 Å². The topological polar surface area (TPSA) is 71.1 Å². The first-order valence-electron chi connectivity index (χ1n) is 11.6. The molecule has 8 heteroatoms. The molecule has 0 bridgehead atoms. The standard InChI is InChI=1S/C24H33ClFN5O/c1-15(14-32-2)30-18-5-7-19(8-6-18)31-23-10-20(21(25)13-28-23)17-9-22(24(26)29-12-17)27-11-16-3-4-16/h9-10,12-13,15-16,18-19,27,30H,3-8,11,14H2,1-2H3,(H,28,31)/t15-,18?,19?/m1/s1. The van der Waals surface area contributed by atoms with Gasteiger partial charge in [-0.1, -0.05) is 11.6 Å². The summed E-state index contributed by atoms with van der Waals surface area (Å²) in [5.74, 6) is 0.945. The van der Waals surface area contributed by atoms with Crippen LogP contribution in [0.4, 0.5) is 15.9 Å². The highest BCUT2D eigenvalue weighted by Crippen LogP contribution is 2.33. The smallest absolute Gasteiger partial charge is 0.236 e. The molecular weight excluding hydrogens is 429 g/mol. The van der Waals surface area contributed by atoms with Gasteiger partial charge in [-0.2, -0.15) is 4.39 Å². The molecule has 2 aliphatic rings. The predicted octanol–water partition coefficient (Wildman–Crippen LogP) is 5.11. The highest BCUT2D eigenvalue weighted by atomic mass is 35.5. The number of pyridine rings is 2. The van der Waals surface area contributed by atoms with Crippen LogP contribution in [0.25, 0.3) is 11.1 Å². The van der Waals surface area contributed by atoms with Gasteiger partial charge in [0, 0.05) is 55.3 Å². The van der Waals surface area contributed by atoms with Crippen molar-refractivity contribution in [2.75, 3.05) is 30.9 Å². The molecule has 0 aromatic carbocycles. The van der Waals surface area contributed by atoms with Crippen molar-refractivity contribution >= 4 is 23.1 Å². The zero-order chi connectivity index (χ0) is 22.5. The van der Waals surface area contributed by atoms with Gasteiger partial charge in [-0.15, -0.1) is 0 Å². The lowest BCUT2D eigenvalue weighted by Gasteiger charge is -2.32. The van der Waals surface area contributed by atoms with E-state index in [4.69, 9.17) is 16.3 Å². The van der Waals surface area contributed by atoms with E-state index in [1.54, 1.807) is 19.4 Å². The van der Waals surface area contributed by atoms with Crippen LogP contribution in [0, 0.1) is 11.9 Å². The largest absolute Gasteiger partial charge is 0.383 e. The van der Waals surface area contributed by atoms with E-state index in [0.717, 1.165) is 55.8 Å². The van der Waals surface area contributed by atoms with Gasteiger partial charge < -0.3 is 20.7 Å². The van der Waals surface area contributed by atoms with Gasteiger partial charge in [0.15, 0.2) is 0 Å². The predicted molar refractivity (Wildman–Crippen MR) is 128 cm³/mol. The molecule has 2 saturated carbocycles. The molecule has 174 valence electrons. The molecule has 6 nitrogen and oxygen atoms in total. The van der Waals surface area contributed by atoms with Gasteiger partial charge in [0.1, 0.15) is 5.82 Å². The maximum absolute atomic E-state index is 14.2. The highest BCUT2D eigenvalue weighted by molar-refractivity contribution is 6.33. The van der Waals surface area contributed by atoms with Crippen molar-refractivity contribution in [1.82, 2.24) is 15.3 Å². The maximum atomic E-state index is 14.2. The third-order valence-electron chi connectivity index (χ3n) is 6.30. The summed E-state index contributed by atoms with van der Waals surface area (Å²) in [5.41, 5.74) is 2.00. The molecule has 2 fully saturated rings. The Labute approximate surface area is 194 Å². The van der Waals surface area contributed by atoms with E-state index < -0.39 is 5.95 Å². The van der Waals surface area contributed by atoms with Crippen LogP contribution in [-0.2, 0) is 4.74 Å². The van der Waals surface area contributed by atoms with Crippen molar-refractivity contribution < 1.29 is 9.13 Å². The summed E-state index contributed by atoms with van der Waals surface area (Å²) in [5, 5.41) is 10.9. The molecule has 0 spiro atoms. The van der Waals surface area contributed by atoms with E-state index in [-0.39, 0.29) is 0 Å². The molecule has 0 aliphatic heterocycles. The minimum absolute atomic E-state index is 0.364. The van der Waals surface area contributed by atoms with Crippen LogP contribution in [0.3, 0.4) is 0 Å². The number of methoxy groups -OCH3 is 1. The molecule has 0 unspecified atom stereocenters. The van der Waals surface area contributed by atoms with Gasteiger partial charge >= 0.3 is 0 Å². The third-order valence-corrected chi connectivity index (χ3v) is 6.60. The van der Waals surface area contributed by atoms with E-state index in [9.17, 15) is 4.39 Å². The second-order valence-electron chi connectivity index (χ2n) is 9.15. The molecule has 0 radical (unpaired) electrons. The number of halogens is 2. The second kappa shape index (κ2) is 10.8. The fourth-order valence-electron chi connectivity index (χ4n) is 4.35. The van der Waals surface area contributed by atoms with Gasteiger partial charge in [-0.05, 0) is 63.5 Å². The highest BCUT2D eigenvalue weighted by Gasteiger charge is 2.23. The van der Waals surface area contributed by atoms with E-state index in [2.05, 4.69) is 32.8 Å². The molecule has 2 heterocycles. The summed E-state index contributed by atoms with van der Waals surface area (Å²) in [6.45, 7) is 3.66. The van der Waals surface area contributed by atoms with Gasteiger partial charge in [-0.3, -0.25) is 0 Å². The number of rotatable bonds is 10. The number of hydrogen-bond acceptors (Lipinski definition) is 6. The van der Waals surface area contributed by atoms with E-state index in [1.165, 1.54) is 19.0 Å². The first-order chi connectivity index (χ1) is 15.5. The summed E-state index contributed by atoms with van der Waals surface area (Å²) in [6, 6.07) is 4.98. The van der Waals surface area contributed by atoms with Gasteiger partial charge in [-0.25, -0.2) is 9.97 Å². The zero-order valence-electron chi connectivity index (χ0n) is 18.8. The van der Waals surface area contributed by atoms with Crippen molar-refractivity contribution in [3.63, 3.8) is 0 Å². The summed E-state index contributed by atoms with van der Waals surface area (Å²) in [7, 11) is 1.74. The SMILES string of the molecule is COC[C@@H](C)NC1CCC(Nc2cc(-c3cnc(F)c(NCC4CC4)c3)c(Cl)cn2)CC1. The van der Waals surface area contributed by atoms with Crippen molar-refractivity contribution in [1.29, 1.82) is 0 Å². The van der Waals surface area contributed by atoms with Gasteiger partial charge in [0.25, 0.3) is 0 Å². The van der Waals surface area contributed by atoms with Crippen LogP contribution in [0.5, 0.6) is 0 Å². The minimum atomic E-state index is -0.483. The summed E-state index contributed by atoms with van der Waals surface area (Å²) in [6.07, 6.45) is 9.97. The second-order valence-corrected chi connectivity index (χ2v) is 9.56. The lowest BCUT2D eigenvalue weighted by atomic mass is 9.90. The Hall–Kier alpha value is -1.96. The Morgan fingerprint density at radius 1 is 1.09 bits per heavy atom. The van der Waals surface area contributed by atoms with Crippen LogP contribution in [0.2, 0.25) is 5.02 Å². The van der Waals surface area contributed by atoms with Crippen molar-refractivity contribution in [2.24, 2.45) is 5.92 Å². The van der Waals surface area contributed by atoms with Crippen molar-refractivity contribution in [3.8, 4) is 11.1 Å². The monoisotopic (exact) mass is 461 g/mol. The fraction of sp³-hybridized carbons (Fsp3) is 0.583. The van der Waals surface area contributed by atoms with Crippen molar-refractivity contribution in [3.05, 3.63) is 35.5 Å². The van der Waals surface area contributed by atoms with Crippen LogP contribution in [0.1, 0.15) is 45.4 Å². The first-order valence-corrected chi connectivity index (χ1v) is 12.0. The molecule has 1 atom stereocenters. The van der Waals surface area contributed by atoms with Gasteiger partial charge in [0.2, 0.25) is 5.95 Å². The maximum Gasteiger partial charge on any atom is 0.236 e. The Morgan fingerprint density at radius 2 is 1.84 bits per heavy atom. The van der Waals surface area contributed by atoms with E-state index >= 15 is 0 Å². The molecule has 3 N–H and O–H groups in total. The Balaban J connectivity index is 1.38. The van der Waals surface area contributed by atoms with Crippen LogP contribution < -0.4 is 16.0 Å². The van der Waals surface area contributed by atoms with E-state index in [1.807, 2.05) is 6.07 Å². The normalized spacial score (nSPS) is 21.9. The first kappa shape index (κ1) is 23.2. The number of nitrogens with zero attached hydrogens (tertiary/aromatic N) is 2. The lowest BCUT2D eigenvalue weighted by Crippen LogP contribution is -2.42. The number of ether oxygens (including phenoxy) is 1. The average molecular weight is 462 g/mol. The minimum Gasteiger partial charge on any atom is -0.383 e. The Bertz CT molecular complexity index is 902. The number of anilines is 2. The third kappa shape index (κ3) is 6.30. The van der Waals surface area contributed by atoms with Crippen molar-refractivity contribution in [2.45, 2.75) is 63.6 Å². The molecule has 2 aromatic heterocycles. The zero-order valence-corrected chi connectivity index (χ0v) is 19.6. The van der Waals surface area contributed by atoms with Crippen LogP contribution >= 0.6 is 11.6 Å². The number of aromatic nitrogens is 2. The lowest BCUT2D eigenvalue weighted by molar-refractivity contribution is 0.161. The summed E-state index contributed by atoms with van der Waals surface area (Å²) < 4.78 is 19.4. The van der Waals surface area contributed by atoms with Gasteiger partial charge in [0.05, 0.1) is 17.3 Å². The van der Waals surface area contributed by atoms with Crippen LogP contribution in [0.15, 0.2) is 24.5 Å². The quantitative estimate of drug-likeness (QED) is 0.427. The number of hydrogen-bond donors (Lipinski definition) is 3. The molecular formula is C24H33ClFN5O. The molecule has 2 aliphatic carbocycles. The molecule has 0 saturated heterocycles. The molecule has 32 heavy (non-hydrogen) atoms. The Kier molecular flexibility index (Phi) is 7.81. The van der Waals surface area contributed by atoms with E-state index in [0.29, 0.717) is 34.8 Å². The molecule has 4 rings (SSSR count). The fourth-order valence-corrected chi connectivity index (χ4v) is 4.56. The molecule has 0 amide bonds. The summed E-state index contributed by atoms with van der Waals surface area (Å²) in [4.78, 5) is 8.41. The Morgan fingerprint density at radius 3 is 2.56 bits per heavy atom.